The van der Waals surface area contributed by atoms with Crippen molar-refractivity contribution in [2.24, 2.45) is 0 Å². The maximum Gasteiger partial charge on any atom is 0.311 e. The van der Waals surface area contributed by atoms with Crippen molar-refractivity contribution >= 4 is 50.4 Å². The van der Waals surface area contributed by atoms with Crippen molar-refractivity contribution in [1.82, 2.24) is 4.98 Å². The number of ether oxygens (including phenoxy) is 2. The second-order valence-electron chi connectivity index (χ2n) is 6.18. The van der Waals surface area contributed by atoms with E-state index in [9.17, 15) is 9.59 Å². The number of benzene rings is 2. The molecular weight excluding hydrogens is 468 g/mol. The molecule has 3 aromatic rings. The van der Waals surface area contributed by atoms with Crippen LogP contribution >= 0.6 is 27.3 Å². The lowest BCUT2D eigenvalue weighted by Crippen LogP contribution is -2.08. The highest BCUT2D eigenvalue weighted by atomic mass is 79.9. The number of esters is 1. The highest BCUT2D eigenvalue weighted by molar-refractivity contribution is 9.10. The Morgan fingerprint density at radius 3 is 2.77 bits per heavy atom. The molecule has 0 bridgehead atoms. The summed E-state index contributed by atoms with van der Waals surface area (Å²) in [5, 5.41) is 4.82. The molecule has 0 radical (unpaired) electrons. The smallest absolute Gasteiger partial charge is 0.311 e. The third kappa shape index (κ3) is 6.53. The van der Waals surface area contributed by atoms with Crippen molar-refractivity contribution in [1.29, 1.82) is 0 Å². The van der Waals surface area contributed by atoms with E-state index in [-0.39, 0.29) is 18.3 Å². The first kappa shape index (κ1) is 21.7. The number of rotatable bonds is 8. The predicted octanol–water partition coefficient (Wildman–Crippen LogP) is 4.85. The van der Waals surface area contributed by atoms with Crippen LogP contribution in [0, 0.1) is 0 Å². The molecule has 2 aromatic carbocycles. The molecule has 0 aliphatic carbocycles. The number of halogens is 1. The fraction of sp³-hybridized carbons (Fsp3) is 0.136. The van der Waals surface area contributed by atoms with Crippen LogP contribution in [0.25, 0.3) is 6.08 Å². The summed E-state index contributed by atoms with van der Waals surface area (Å²) in [6.07, 6.45) is 3.17. The molecule has 3 rings (SSSR count). The molecule has 154 valence electrons. The summed E-state index contributed by atoms with van der Waals surface area (Å²) < 4.78 is 11.4. The van der Waals surface area contributed by atoms with Gasteiger partial charge in [-0.1, -0.05) is 46.3 Å². The summed E-state index contributed by atoms with van der Waals surface area (Å²) in [6, 6.07) is 15.5. The average Bonchev–Trinajstić information content (AvgIpc) is 3.18. The molecular formula is C22H19BrN2O4S. The molecule has 0 spiro atoms. The topological polar surface area (TPSA) is 77.5 Å². The Labute approximate surface area is 186 Å². The number of thiazole rings is 1. The Hall–Kier alpha value is -2.97. The number of hydrogen-bond donors (Lipinski definition) is 1. The van der Waals surface area contributed by atoms with Gasteiger partial charge in [-0.05, 0) is 29.8 Å². The van der Waals surface area contributed by atoms with E-state index in [1.54, 1.807) is 11.5 Å². The summed E-state index contributed by atoms with van der Waals surface area (Å²) >= 11 is 4.69. The second kappa shape index (κ2) is 10.7. The minimum atomic E-state index is -0.379. The number of carbonyl (C=O) groups is 2. The molecule has 1 amide bonds. The zero-order valence-corrected chi connectivity index (χ0v) is 18.5. The second-order valence-corrected chi connectivity index (χ2v) is 7.95. The van der Waals surface area contributed by atoms with Crippen molar-refractivity contribution < 1.29 is 19.1 Å². The largest absolute Gasteiger partial charge is 0.488 e. The molecule has 8 heteroatoms. The van der Waals surface area contributed by atoms with E-state index >= 15 is 0 Å². The maximum absolute atomic E-state index is 12.3. The summed E-state index contributed by atoms with van der Waals surface area (Å²) in [4.78, 5) is 27.8. The van der Waals surface area contributed by atoms with Gasteiger partial charge in [-0.25, -0.2) is 4.98 Å². The van der Waals surface area contributed by atoms with Gasteiger partial charge in [0.15, 0.2) is 5.13 Å². The Balaban J connectivity index is 1.64. The third-order valence-electron chi connectivity index (χ3n) is 3.96. The van der Waals surface area contributed by atoms with E-state index in [2.05, 4.69) is 31.0 Å². The zero-order valence-electron chi connectivity index (χ0n) is 16.1. The Morgan fingerprint density at radius 1 is 1.20 bits per heavy atom. The van der Waals surface area contributed by atoms with Gasteiger partial charge in [-0.15, -0.1) is 11.3 Å². The molecule has 0 fully saturated rings. The van der Waals surface area contributed by atoms with Gasteiger partial charge < -0.3 is 9.47 Å². The first-order valence-electron chi connectivity index (χ1n) is 9.00. The molecule has 1 aromatic heterocycles. The highest BCUT2D eigenvalue weighted by Crippen LogP contribution is 2.25. The van der Waals surface area contributed by atoms with E-state index in [4.69, 9.17) is 4.74 Å². The number of nitrogens with one attached hydrogen (secondary N) is 1. The molecule has 0 atom stereocenters. The molecule has 1 N–H and O–H groups in total. The van der Waals surface area contributed by atoms with Crippen molar-refractivity contribution in [3.05, 3.63) is 81.3 Å². The van der Waals surface area contributed by atoms with Crippen molar-refractivity contribution in [2.75, 3.05) is 12.4 Å². The Morgan fingerprint density at radius 2 is 2.00 bits per heavy atom. The lowest BCUT2D eigenvalue weighted by atomic mass is 10.2. The molecule has 0 unspecified atom stereocenters. The van der Waals surface area contributed by atoms with Gasteiger partial charge in [-0.3, -0.25) is 14.9 Å². The number of nitrogens with zero attached hydrogens (tertiary/aromatic N) is 1. The van der Waals surface area contributed by atoms with Gasteiger partial charge in [0, 0.05) is 21.5 Å². The number of methoxy groups -OCH3 is 1. The summed E-state index contributed by atoms with van der Waals surface area (Å²) in [5.74, 6) is -0.0422. The van der Waals surface area contributed by atoms with Crippen LogP contribution in [-0.4, -0.2) is 24.0 Å². The molecule has 0 aliphatic heterocycles. The molecule has 0 aliphatic rings. The van der Waals surface area contributed by atoms with Crippen molar-refractivity contribution in [3.63, 3.8) is 0 Å². The van der Waals surface area contributed by atoms with Crippen LogP contribution in [-0.2, 0) is 27.4 Å². The van der Waals surface area contributed by atoms with E-state index in [0.717, 1.165) is 15.6 Å². The van der Waals surface area contributed by atoms with Crippen LogP contribution < -0.4 is 10.1 Å². The molecule has 0 saturated heterocycles. The number of amides is 1. The maximum atomic E-state index is 12.3. The Kier molecular flexibility index (Phi) is 7.75. The van der Waals surface area contributed by atoms with E-state index in [1.165, 1.54) is 24.5 Å². The molecule has 6 nitrogen and oxygen atoms in total. The van der Waals surface area contributed by atoms with Crippen LogP contribution in [0.15, 0.2) is 64.5 Å². The first-order chi connectivity index (χ1) is 14.5. The zero-order chi connectivity index (χ0) is 21.3. The molecule has 30 heavy (non-hydrogen) atoms. The minimum Gasteiger partial charge on any atom is -0.488 e. The van der Waals surface area contributed by atoms with Crippen molar-refractivity contribution in [3.8, 4) is 5.75 Å². The van der Waals surface area contributed by atoms with Crippen LogP contribution in [0.1, 0.15) is 16.8 Å². The first-order valence-corrected chi connectivity index (χ1v) is 10.7. The molecule has 1 heterocycles. The lowest BCUT2D eigenvalue weighted by Gasteiger charge is -2.10. The number of hydrogen-bond acceptors (Lipinski definition) is 6. The van der Waals surface area contributed by atoms with Gasteiger partial charge in [0.05, 0.1) is 19.2 Å². The summed E-state index contributed by atoms with van der Waals surface area (Å²) in [5.41, 5.74) is 2.37. The predicted molar refractivity (Wildman–Crippen MR) is 120 cm³/mol. The Bertz CT molecular complexity index is 1050. The third-order valence-corrected chi connectivity index (χ3v) is 5.26. The van der Waals surface area contributed by atoms with Crippen molar-refractivity contribution in [2.45, 2.75) is 13.0 Å². The minimum absolute atomic E-state index is 0.0683. The number of anilines is 1. The number of aromatic nitrogens is 1. The average molecular weight is 487 g/mol. The highest BCUT2D eigenvalue weighted by Gasteiger charge is 2.09. The summed E-state index contributed by atoms with van der Waals surface area (Å²) in [6.45, 7) is 0.428. The summed E-state index contributed by atoms with van der Waals surface area (Å²) in [7, 11) is 1.32. The SMILES string of the molecule is COC(=O)Cc1csc(NC(=O)/C=C/c2cc(Br)ccc2OCc2ccccc2)n1. The van der Waals surface area contributed by atoms with Crippen LogP contribution in [0.2, 0.25) is 0 Å². The molecule has 0 saturated carbocycles. The van der Waals surface area contributed by atoms with Crippen LogP contribution in [0.3, 0.4) is 0 Å². The number of carbonyl (C=O) groups excluding carboxylic acids is 2. The fourth-order valence-corrected chi connectivity index (χ4v) is 3.59. The standard InChI is InChI=1S/C22H19BrN2O4S/c1-28-21(27)12-18-14-30-22(24-18)25-20(26)10-7-16-11-17(23)8-9-19(16)29-13-15-5-3-2-4-6-15/h2-11,14H,12-13H2,1H3,(H,24,25,26)/b10-7+. The quantitative estimate of drug-likeness (QED) is 0.363. The van der Waals surface area contributed by atoms with Crippen LogP contribution in [0.5, 0.6) is 5.75 Å². The fourth-order valence-electron chi connectivity index (χ4n) is 2.49. The normalized spacial score (nSPS) is 10.7. The van der Waals surface area contributed by atoms with E-state index in [1.807, 2.05) is 48.5 Å². The lowest BCUT2D eigenvalue weighted by molar-refractivity contribution is -0.139. The van der Waals surface area contributed by atoms with Gasteiger partial charge in [-0.2, -0.15) is 0 Å². The van der Waals surface area contributed by atoms with Gasteiger partial charge in [0.25, 0.3) is 0 Å². The monoisotopic (exact) mass is 486 g/mol. The van der Waals surface area contributed by atoms with Gasteiger partial charge >= 0.3 is 5.97 Å². The van der Waals surface area contributed by atoms with Gasteiger partial charge in [0.2, 0.25) is 5.91 Å². The van der Waals surface area contributed by atoms with E-state index < -0.39 is 0 Å². The van der Waals surface area contributed by atoms with E-state index in [0.29, 0.717) is 23.2 Å². The van der Waals surface area contributed by atoms with Crippen LogP contribution in [0.4, 0.5) is 5.13 Å². The van der Waals surface area contributed by atoms with Gasteiger partial charge in [0.1, 0.15) is 12.4 Å².